The van der Waals surface area contributed by atoms with Crippen molar-refractivity contribution >= 4 is 0 Å². The number of hydrogen-bond acceptors (Lipinski definition) is 4. The second-order valence-corrected chi connectivity index (χ2v) is 12.4. The van der Waals surface area contributed by atoms with Crippen molar-refractivity contribution in [3.8, 4) is 0 Å². The van der Waals surface area contributed by atoms with Gasteiger partial charge in [-0.1, -0.05) is 77.3 Å². The third-order valence-corrected chi connectivity index (χ3v) is 8.41. The highest BCUT2D eigenvalue weighted by molar-refractivity contribution is 5.30. The lowest BCUT2D eigenvalue weighted by Gasteiger charge is -2.33. The Kier molecular flexibility index (Phi) is 9.66. The Hall–Kier alpha value is -2.56. The molecule has 0 bridgehead atoms. The minimum atomic E-state index is 0.245. The molecule has 204 valence electrons. The van der Waals surface area contributed by atoms with Crippen LogP contribution in [0.25, 0.3) is 0 Å². The summed E-state index contributed by atoms with van der Waals surface area (Å²) < 4.78 is 2.01. The third kappa shape index (κ3) is 7.49. The van der Waals surface area contributed by atoms with Crippen molar-refractivity contribution in [2.24, 2.45) is 5.41 Å². The lowest BCUT2D eigenvalue weighted by molar-refractivity contribution is 0.241. The first-order chi connectivity index (χ1) is 17.4. The molecule has 3 unspecified atom stereocenters. The first kappa shape index (κ1) is 29.0. The van der Waals surface area contributed by atoms with Crippen LogP contribution in [-0.2, 0) is 0 Å². The molecule has 0 spiro atoms. The molecule has 0 amide bonds. The zero-order valence-electron chi connectivity index (χ0n) is 24.7. The number of aromatic nitrogens is 3. The molecule has 5 heteroatoms. The number of benzene rings is 1. The first-order valence-corrected chi connectivity index (χ1v) is 14.3. The summed E-state index contributed by atoms with van der Waals surface area (Å²) in [6.07, 6.45) is 8.20. The largest absolute Gasteiger partial charge is 0.384 e. The van der Waals surface area contributed by atoms with E-state index in [9.17, 15) is 0 Å². The third-order valence-electron chi connectivity index (χ3n) is 8.41. The maximum absolute atomic E-state index is 4.36. The molecule has 2 aliphatic rings. The molecule has 1 N–H and O–H groups in total. The van der Waals surface area contributed by atoms with E-state index in [0.717, 1.165) is 24.4 Å². The monoisotopic (exact) mass is 505 g/mol. The Morgan fingerprint density at radius 1 is 1.14 bits per heavy atom. The molecular formula is C32H51N5. The van der Waals surface area contributed by atoms with Gasteiger partial charge in [0.25, 0.3) is 0 Å². The van der Waals surface area contributed by atoms with Gasteiger partial charge in [0.15, 0.2) is 0 Å². The van der Waals surface area contributed by atoms with Gasteiger partial charge in [0, 0.05) is 42.0 Å². The van der Waals surface area contributed by atoms with Crippen molar-refractivity contribution in [1.82, 2.24) is 25.2 Å². The molecule has 1 aromatic carbocycles. The van der Waals surface area contributed by atoms with Crippen LogP contribution in [0.4, 0.5) is 0 Å². The molecule has 1 aromatic heterocycles. The fraction of sp³-hybridized carbons (Fsp3) is 0.625. The lowest BCUT2D eigenvalue weighted by atomic mass is 9.88. The SMILES string of the molecule is C=C(NC(CC)C(C)c1ccccc1C)C1CCCN1C(=C)C.C[C@@H](n1cc(C2CC2)nn1)C(C)(C)C. The van der Waals surface area contributed by atoms with E-state index >= 15 is 0 Å². The van der Waals surface area contributed by atoms with Crippen LogP contribution in [0.5, 0.6) is 0 Å². The standard InChI is InChI=1S/C21H32N2.C11H19N3/c1-7-20(17(5)19-12-9-8-11-16(19)4)22-18(6)21-13-10-14-23(21)15(2)3;1-8(11(2,3)4)14-7-10(12-13-14)9-5-6-9/h8-9,11-12,17,20-22H,2,6-7,10,13-14H2,1,3-5H3;7-9H,5-6H2,1-4H3/t;8-/m.1/s1. The summed E-state index contributed by atoms with van der Waals surface area (Å²) in [5.41, 5.74) is 6.53. The average molecular weight is 506 g/mol. The quantitative estimate of drug-likeness (QED) is 0.378. The molecule has 5 nitrogen and oxygen atoms in total. The fourth-order valence-electron chi connectivity index (χ4n) is 5.26. The van der Waals surface area contributed by atoms with Gasteiger partial charge in [-0.15, -0.1) is 5.10 Å². The Labute approximate surface area is 226 Å². The highest BCUT2D eigenvalue weighted by Gasteiger charge is 2.30. The molecule has 4 rings (SSSR count). The second kappa shape index (κ2) is 12.3. The van der Waals surface area contributed by atoms with Gasteiger partial charge in [-0.05, 0) is 69.4 Å². The molecule has 1 saturated heterocycles. The number of aryl methyl sites for hydroxylation is 1. The van der Waals surface area contributed by atoms with Crippen LogP contribution >= 0.6 is 0 Å². The van der Waals surface area contributed by atoms with Crippen molar-refractivity contribution < 1.29 is 0 Å². The van der Waals surface area contributed by atoms with Gasteiger partial charge in [-0.2, -0.15) is 0 Å². The maximum atomic E-state index is 4.36. The van der Waals surface area contributed by atoms with E-state index in [1.165, 1.54) is 42.5 Å². The van der Waals surface area contributed by atoms with Gasteiger partial charge >= 0.3 is 0 Å². The van der Waals surface area contributed by atoms with Crippen molar-refractivity contribution in [3.63, 3.8) is 0 Å². The number of nitrogens with one attached hydrogen (secondary N) is 1. The topological polar surface area (TPSA) is 46.0 Å². The number of likely N-dealkylation sites (tertiary alicyclic amines) is 1. The van der Waals surface area contributed by atoms with Crippen LogP contribution in [0.3, 0.4) is 0 Å². The van der Waals surface area contributed by atoms with Gasteiger partial charge in [-0.3, -0.25) is 0 Å². The summed E-state index contributed by atoms with van der Waals surface area (Å²) in [6, 6.07) is 9.92. The number of hydrogen-bond donors (Lipinski definition) is 1. The predicted octanol–water partition coefficient (Wildman–Crippen LogP) is 7.74. The Balaban J connectivity index is 0.000000231. The molecule has 1 aliphatic heterocycles. The summed E-state index contributed by atoms with van der Waals surface area (Å²) in [5.74, 6) is 1.17. The van der Waals surface area contributed by atoms with E-state index in [0.29, 0.717) is 30.0 Å². The van der Waals surface area contributed by atoms with Gasteiger partial charge in [0.05, 0.1) is 17.8 Å². The van der Waals surface area contributed by atoms with Gasteiger partial charge in [0.1, 0.15) is 0 Å². The fourth-order valence-corrected chi connectivity index (χ4v) is 5.26. The summed E-state index contributed by atoms with van der Waals surface area (Å²) in [4.78, 5) is 2.39. The van der Waals surface area contributed by atoms with Crippen LogP contribution in [-0.4, -0.2) is 38.5 Å². The van der Waals surface area contributed by atoms with E-state index in [1.807, 2.05) is 4.68 Å². The molecule has 1 aliphatic carbocycles. The molecule has 2 heterocycles. The molecule has 2 fully saturated rings. The number of rotatable bonds is 9. The Bertz CT molecular complexity index is 1040. The minimum absolute atomic E-state index is 0.245. The number of allylic oxidation sites excluding steroid dienone is 1. The van der Waals surface area contributed by atoms with Crippen LogP contribution < -0.4 is 5.32 Å². The van der Waals surface area contributed by atoms with Crippen LogP contribution in [0.2, 0.25) is 0 Å². The van der Waals surface area contributed by atoms with Gasteiger partial charge in [0.2, 0.25) is 0 Å². The zero-order valence-corrected chi connectivity index (χ0v) is 24.7. The highest BCUT2D eigenvalue weighted by Crippen LogP contribution is 2.39. The minimum Gasteiger partial charge on any atom is -0.384 e. The van der Waals surface area contributed by atoms with Crippen LogP contribution in [0.15, 0.2) is 55.0 Å². The van der Waals surface area contributed by atoms with Gasteiger partial charge in [-0.25, -0.2) is 4.68 Å². The van der Waals surface area contributed by atoms with E-state index in [4.69, 9.17) is 0 Å². The molecule has 0 radical (unpaired) electrons. The summed E-state index contributed by atoms with van der Waals surface area (Å²) >= 11 is 0. The molecule has 2 aromatic rings. The summed E-state index contributed by atoms with van der Waals surface area (Å²) in [6.45, 7) is 27.4. The van der Waals surface area contributed by atoms with Crippen LogP contribution in [0.1, 0.15) is 115 Å². The normalized spacial score (nSPS) is 20.0. The Morgan fingerprint density at radius 2 is 1.81 bits per heavy atom. The van der Waals surface area contributed by atoms with E-state index in [-0.39, 0.29) is 5.41 Å². The molecular weight excluding hydrogens is 454 g/mol. The molecule has 37 heavy (non-hydrogen) atoms. The average Bonchev–Trinajstić information content (AvgIpc) is 3.37. The first-order valence-electron chi connectivity index (χ1n) is 14.3. The Morgan fingerprint density at radius 3 is 2.38 bits per heavy atom. The second-order valence-electron chi connectivity index (χ2n) is 12.4. The molecule has 1 saturated carbocycles. The smallest absolute Gasteiger partial charge is 0.0858 e. The van der Waals surface area contributed by atoms with Crippen molar-refractivity contribution in [2.45, 2.75) is 117 Å². The van der Waals surface area contributed by atoms with E-state index in [1.54, 1.807) is 0 Å². The summed E-state index contributed by atoms with van der Waals surface area (Å²) in [5, 5.41) is 12.2. The van der Waals surface area contributed by atoms with Crippen molar-refractivity contribution in [1.29, 1.82) is 0 Å². The van der Waals surface area contributed by atoms with Gasteiger partial charge < -0.3 is 10.2 Å². The predicted molar refractivity (Wildman–Crippen MR) is 157 cm³/mol. The summed E-state index contributed by atoms with van der Waals surface area (Å²) in [7, 11) is 0. The maximum Gasteiger partial charge on any atom is 0.0858 e. The van der Waals surface area contributed by atoms with E-state index < -0.39 is 0 Å². The van der Waals surface area contributed by atoms with Crippen molar-refractivity contribution in [2.75, 3.05) is 6.54 Å². The zero-order chi connectivity index (χ0) is 27.3. The number of nitrogens with zero attached hydrogens (tertiary/aromatic N) is 4. The molecule has 4 atom stereocenters. The van der Waals surface area contributed by atoms with Crippen LogP contribution in [0, 0.1) is 12.3 Å². The van der Waals surface area contributed by atoms with E-state index in [2.05, 4.69) is 120 Å². The van der Waals surface area contributed by atoms with Crippen molar-refractivity contribution in [3.05, 3.63) is 71.8 Å². The lowest BCUT2D eigenvalue weighted by Crippen LogP contribution is -2.40. The highest BCUT2D eigenvalue weighted by atomic mass is 15.4.